The van der Waals surface area contributed by atoms with Gasteiger partial charge in [-0.05, 0) is 49.4 Å². The third-order valence-electron chi connectivity index (χ3n) is 5.31. The van der Waals surface area contributed by atoms with Crippen molar-refractivity contribution in [3.8, 4) is 11.3 Å². The number of aromatic nitrogens is 2. The topological polar surface area (TPSA) is 17.3 Å². The molecule has 0 amide bonds. The number of hydrogen-bond donors (Lipinski definition) is 0. The van der Waals surface area contributed by atoms with Crippen molar-refractivity contribution in [2.75, 3.05) is 0 Å². The maximum atomic E-state index is 5.07. The molecule has 0 radical (unpaired) electrons. The largest absolute Gasteiger partial charge is 0.298 e. The van der Waals surface area contributed by atoms with E-state index in [0.717, 1.165) is 11.3 Å². The molecule has 0 bridgehead atoms. The normalized spacial score (nSPS) is 11.7. The number of nitrogens with zero attached hydrogens (tertiary/aromatic N) is 2. The van der Waals surface area contributed by atoms with Crippen LogP contribution >= 0.6 is 0 Å². The summed E-state index contributed by atoms with van der Waals surface area (Å²) in [6.07, 6.45) is 2.19. The zero-order chi connectivity index (χ0) is 17.8. The quantitative estimate of drug-likeness (QED) is 0.332. The highest BCUT2D eigenvalue weighted by molar-refractivity contribution is 6.12. The Bertz CT molecular complexity index is 1290. The number of pyridine rings is 1. The van der Waals surface area contributed by atoms with Crippen molar-refractivity contribution in [3.05, 3.63) is 83.6 Å². The van der Waals surface area contributed by atoms with Gasteiger partial charge in [0.15, 0.2) is 0 Å². The fourth-order valence-electron chi connectivity index (χ4n) is 4.08. The molecule has 2 heteroatoms. The number of hydrogen-bond acceptors (Lipinski definition) is 1. The van der Waals surface area contributed by atoms with Crippen molar-refractivity contribution in [1.82, 2.24) is 9.38 Å². The van der Waals surface area contributed by atoms with Gasteiger partial charge in [0.1, 0.15) is 5.65 Å². The molecule has 0 aliphatic carbocycles. The van der Waals surface area contributed by atoms with Gasteiger partial charge < -0.3 is 0 Å². The van der Waals surface area contributed by atoms with Crippen LogP contribution in [0.25, 0.3) is 38.6 Å². The first-order valence-corrected chi connectivity index (χ1v) is 9.00. The number of rotatable bonds is 1. The first-order chi connectivity index (χ1) is 12.6. The molecule has 0 atom stereocenters. The Morgan fingerprint density at radius 1 is 0.731 bits per heavy atom. The molecule has 0 aliphatic heterocycles. The first kappa shape index (κ1) is 15.2. The summed E-state index contributed by atoms with van der Waals surface area (Å²) in [5, 5.41) is 3.74. The third-order valence-corrected chi connectivity index (χ3v) is 5.31. The number of benzene rings is 3. The first-order valence-electron chi connectivity index (χ1n) is 9.00. The summed E-state index contributed by atoms with van der Waals surface area (Å²) < 4.78 is 2.25. The Kier molecular flexibility index (Phi) is 3.17. The molecule has 3 aromatic carbocycles. The second-order valence-corrected chi connectivity index (χ2v) is 7.15. The molecule has 0 fully saturated rings. The molecular weight excluding hydrogens is 316 g/mol. The molecule has 2 nitrogen and oxygen atoms in total. The molecular formula is C24H20N2. The summed E-state index contributed by atoms with van der Waals surface area (Å²) in [5.41, 5.74) is 8.30. The molecule has 0 aliphatic rings. The number of aryl methyl sites for hydroxylation is 3. The minimum absolute atomic E-state index is 1.02. The lowest BCUT2D eigenvalue weighted by Crippen LogP contribution is -1.90. The van der Waals surface area contributed by atoms with Crippen LogP contribution in [0.15, 0.2) is 66.9 Å². The van der Waals surface area contributed by atoms with E-state index in [0.29, 0.717) is 0 Å². The van der Waals surface area contributed by atoms with E-state index in [-0.39, 0.29) is 0 Å². The highest BCUT2D eigenvalue weighted by Crippen LogP contribution is 2.33. The second kappa shape index (κ2) is 5.43. The molecule has 126 valence electrons. The van der Waals surface area contributed by atoms with Crippen LogP contribution in [0.5, 0.6) is 0 Å². The van der Waals surface area contributed by atoms with Crippen LogP contribution in [0.3, 0.4) is 0 Å². The lowest BCUT2D eigenvalue weighted by Gasteiger charge is -2.08. The van der Waals surface area contributed by atoms with E-state index in [9.17, 15) is 0 Å². The Labute approximate surface area is 152 Å². The number of imidazole rings is 1. The minimum Gasteiger partial charge on any atom is -0.298 e. The summed E-state index contributed by atoms with van der Waals surface area (Å²) in [6.45, 7) is 6.46. The van der Waals surface area contributed by atoms with E-state index >= 15 is 0 Å². The van der Waals surface area contributed by atoms with E-state index in [1.54, 1.807) is 0 Å². The van der Waals surface area contributed by atoms with Crippen LogP contribution in [0.1, 0.15) is 16.7 Å². The highest BCUT2D eigenvalue weighted by Gasteiger charge is 2.14. The van der Waals surface area contributed by atoms with E-state index in [1.165, 1.54) is 43.9 Å². The second-order valence-electron chi connectivity index (χ2n) is 7.15. The molecule has 5 aromatic rings. The SMILES string of the molecule is Cc1ccc2c(c1)c1ccccc1c1nc(-c3c(C)cccc3C)cn21. The van der Waals surface area contributed by atoms with Gasteiger partial charge in [-0.15, -0.1) is 0 Å². The van der Waals surface area contributed by atoms with Crippen LogP contribution in [0, 0.1) is 20.8 Å². The average molecular weight is 336 g/mol. The Morgan fingerprint density at radius 3 is 2.23 bits per heavy atom. The van der Waals surface area contributed by atoms with Crippen LogP contribution in [0.2, 0.25) is 0 Å². The van der Waals surface area contributed by atoms with Crippen LogP contribution in [0.4, 0.5) is 0 Å². The van der Waals surface area contributed by atoms with Gasteiger partial charge in [-0.3, -0.25) is 4.40 Å². The van der Waals surface area contributed by atoms with Gasteiger partial charge in [-0.1, -0.05) is 54.1 Å². The smallest absolute Gasteiger partial charge is 0.145 e. The molecule has 2 aromatic heterocycles. The van der Waals surface area contributed by atoms with Gasteiger partial charge in [0.05, 0.1) is 11.2 Å². The van der Waals surface area contributed by atoms with E-state index < -0.39 is 0 Å². The minimum atomic E-state index is 1.02. The standard InChI is InChI=1S/C24H20N2/c1-15-11-12-22-20(13-15)18-9-4-5-10-19(18)24-25-21(14-26(22)24)23-16(2)7-6-8-17(23)3/h4-14H,1-3H3. The summed E-state index contributed by atoms with van der Waals surface area (Å²) in [4.78, 5) is 5.07. The van der Waals surface area contributed by atoms with Crippen LogP contribution in [-0.4, -0.2) is 9.38 Å². The fraction of sp³-hybridized carbons (Fsp3) is 0.125. The summed E-state index contributed by atoms with van der Waals surface area (Å²) in [6, 6.07) is 21.7. The van der Waals surface area contributed by atoms with Gasteiger partial charge in [0.2, 0.25) is 0 Å². The van der Waals surface area contributed by atoms with Gasteiger partial charge in [-0.2, -0.15) is 0 Å². The predicted octanol–water partition coefficient (Wildman–Crippen LogP) is 6.23. The highest BCUT2D eigenvalue weighted by atomic mass is 15.0. The van der Waals surface area contributed by atoms with Crippen LogP contribution in [-0.2, 0) is 0 Å². The lowest BCUT2D eigenvalue weighted by atomic mass is 10.0. The monoisotopic (exact) mass is 336 g/mol. The average Bonchev–Trinajstić information content (AvgIpc) is 3.07. The predicted molar refractivity (Wildman–Crippen MR) is 110 cm³/mol. The molecule has 0 unspecified atom stereocenters. The summed E-state index contributed by atoms with van der Waals surface area (Å²) >= 11 is 0. The van der Waals surface area contributed by atoms with Crippen LogP contribution < -0.4 is 0 Å². The molecule has 0 spiro atoms. The van der Waals surface area contributed by atoms with E-state index in [2.05, 4.69) is 92.0 Å². The fourth-order valence-corrected chi connectivity index (χ4v) is 4.08. The Balaban J connectivity index is 1.98. The maximum absolute atomic E-state index is 5.07. The van der Waals surface area contributed by atoms with Crippen molar-refractivity contribution in [2.45, 2.75) is 20.8 Å². The molecule has 5 rings (SSSR count). The molecule has 0 saturated heterocycles. The maximum Gasteiger partial charge on any atom is 0.145 e. The zero-order valence-electron chi connectivity index (χ0n) is 15.2. The summed E-state index contributed by atoms with van der Waals surface area (Å²) in [5.74, 6) is 0. The van der Waals surface area contributed by atoms with E-state index in [1.807, 2.05) is 0 Å². The van der Waals surface area contributed by atoms with Crippen molar-refractivity contribution in [1.29, 1.82) is 0 Å². The Hall–Kier alpha value is -3.13. The third kappa shape index (κ3) is 2.08. The van der Waals surface area contributed by atoms with Gasteiger partial charge >= 0.3 is 0 Å². The van der Waals surface area contributed by atoms with Crippen molar-refractivity contribution in [2.24, 2.45) is 0 Å². The van der Waals surface area contributed by atoms with Gasteiger partial charge in [0, 0.05) is 22.5 Å². The van der Waals surface area contributed by atoms with Gasteiger partial charge in [-0.25, -0.2) is 4.98 Å². The van der Waals surface area contributed by atoms with Gasteiger partial charge in [0.25, 0.3) is 0 Å². The summed E-state index contributed by atoms with van der Waals surface area (Å²) in [7, 11) is 0. The molecule has 0 N–H and O–H groups in total. The number of fused-ring (bicyclic) bond motifs is 6. The van der Waals surface area contributed by atoms with Crippen molar-refractivity contribution >= 4 is 27.3 Å². The molecule has 0 saturated carbocycles. The molecule has 26 heavy (non-hydrogen) atoms. The van der Waals surface area contributed by atoms with Crippen molar-refractivity contribution < 1.29 is 0 Å². The lowest BCUT2D eigenvalue weighted by molar-refractivity contribution is 1.27. The van der Waals surface area contributed by atoms with E-state index in [4.69, 9.17) is 4.98 Å². The Morgan fingerprint density at radius 2 is 1.46 bits per heavy atom. The van der Waals surface area contributed by atoms with Crippen molar-refractivity contribution in [3.63, 3.8) is 0 Å². The zero-order valence-corrected chi connectivity index (χ0v) is 15.2. The molecule has 2 heterocycles.